The molecular formula is C17H14F3N3. The molecule has 1 heterocycles. The molecule has 0 aliphatic heterocycles. The molecule has 3 aromatic rings. The quantitative estimate of drug-likeness (QED) is 0.795. The van der Waals surface area contributed by atoms with Crippen LogP contribution in [0.4, 0.5) is 13.2 Å². The van der Waals surface area contributed by atoms with Gasteiger partial charge in [-0.2, -0.15) is 0 Å². The lowest BCUT2D eigenvalue weighted by Crippen LogP contribution is -2.00. The van der Waals surface area contributed by atoms with Crippen molar-refractivity contribution in [2.75, 3.05) is 6.54 Å². The third-order valence-electron chi connectivity index (χ3n) is 3.49. The van der Waals surface area contributed by atoms with Crippen LogP contribution in [-0.4, -0.2) is 16.1 Å². The average Bonchev–Trinajstić information content (AvgIpc) is 2.89. The van der Waals surface area contributed by atoms with Gasteiger partial charge in [-0.1, -0.05) is 12.1 Å². The number of nitrogens with zero attached hydrogens (tertiary/aromatic N) is 2. The van der Waals surface area contributed by atoms with E-state index in [-0.39, 0.29) is 13.1 Å². The van der Waals surface area contributed by atoms with Crippen molar-refractivity contribution in [2.24, 2.45) is 5.73 Å². The first-order valence-electron chi connectivity index (χ1n) is 7.03. The van der Waals surface area contributed by atoms with Crippen molar-refractivity contribution < 1.29 is 13.2 Å². The van der Waals surface area contributed by atoms with Crippen LogP contribution in [-0.2, 0) is 6.54 Å². The van der Waals surface area contributed by atoms with Gasteiger partial charge in [0, 0.05) is 12.1 Å². The van der Waals surface area contributed by atoms with Gasteiger partial charge in [-0.15, -0.1) is 0 Å². The van der Waals surface area contributed by atoms with E-state index in [1.165, 1.54) is 41.2 Å². The van der Waals surface area contributed by atoms with Gasteiger partial charge in [0.25, 0.3) is 0 Å². The van der Waals surface area contributed by atoms with Gasteiger partial charge in [0.05, 0.1) is 23.9 Å². The normalized spacial score (nSPS) is 12.1. The van der Waals surface area contributed by atoms with Crippen molar-refractivity contribution in [3.63, 3.8) is 0 Å². The van der Waals surface area contributed by atoms with Crippen LogP contribution in [0.3, 0.4) is 0 Å². The molecule has 3 nitrogen and oxygen atoms in total. The van der Waals surface area contributed by atoms with Crippen molar-refractivity contribution in [3.8, 4) is 11.1 Å². The number of rotatable bonds is 4. The van der Waals surface area contributed by atoms with Crippen LogP contribution in [0.5, 0.6) is 0 Å². The Bertz CT molecular complexity index is 884. The predicted molar refractivity (Wildman–Crippen MR) is 83.3 cm³/mol. The van der Waals surface area contributed by atoms with Crippen LogP contribution in [0.2, 0.25) is 0 Å². The standard InChI is InChI=1S/C17H14F3N3/c18-12-3-1-2-11(6-12)15-7-14(20)8-16-17(15)22-10-23(16)9-13(19)4-5-21/h1-4,6-8,10H,5,9,21H2/b13-4-. The number of aromatic nitrogens is 2. The Morgan fingerprint density at radius 1 is 1.17 bits per heavy atom. The van der Waals surface area contributed by atoms with E-state index >= 15 is 0 Å². The number of fused-ring (bicyclic) bond motifs is 1. The zero-order valence-electron chi connectivity index (χ0n) is 12.1. The second-order valence-electron chi connectivity index (χ2n) is 5.09. The summed E-state index contributed by atoms with van der Waals surface area (Å²) in [5.74, 6) is -1.35. The molecule has 3 rings (SSSR count). The summed E-state index contributed by atoms with van der Waals surface area (Å²) in [5.41, 5.74) is 7.16. The summed E-state index contributed by atoms with van der Waals surface area (Å²) in [7, 11) is 0. The first-order chi connectivity index (χ1) is 11.1. The molecule has 0 aliphatic carbocycles. The average molecular weight is 317 g/mol. The summed E-state index contributed by atoms with van der Waals surface area (Å²) in [5, 5.41) is 0. The van der Waals surface area contributed by atoms with E-state index in [4.69, 9.17) is 5.73 Å². The third kappa shape index (κ3) is 3.12. The maximum absolute atomic E-state index is 14.0. The number of halogens is 3. The third-order valence-corrected chi connectivity index (χ3v) is 3.49. The lowest BCUT2D eigenvalue weighted by Gasteiger charge is -2.06. The van der Waals surface area contributed by atoms with Gasteiger partial charge in [-0.05, 0) is 35.9 Å². The highest BCUT2D eigenvalue weighted by Crippen LogP contribution is 2.29. The van der Waals surface area contributed by atoms with Crippen molar-refractivity contribution in [1.82, 2.24) is 9.55 Å². The Hall–Kier alpha value is -2.60. The highest BCUT2D eigenvalue weighted by atomic mass is 19.1. The molecule has 0 aliphatic rings. The van der Waals surface area contributed by atoms with Crippen LogP contribution in [0.1, 0.15) is 0 Å². The van der Waals surface area contributed by atoms with E-state index in [0.717, 1.165) is 0 Å². The Morgan fingerprint density at radius 3 is 2.74 bits per heavy atom. The van der Waals surface area contributed by atoms with Crippen LogP contribution in [0, 0.1) is 11.6 Å². The first-order valence-corrected chi connectivity index (χ1v) is 7.03. The highest BCUT2D eigenvalue weighted by molar-refractivity contribution is 5.92. The minimum Gasteiger partial charge on any atom is -0.327 e. The fraction of sp³-hybridized carbons (Fsp3) is 0.118. The van der Waals surface area contributed by atoms with Gasteiger partial charge in [-0.3, -0.25) is 0 Å². The monoisotopic (exact) mass is 317 g/mol. The van der Waals surface area contributed by atoms with Crippen molar-refractivity contribution in [2.45, 2.75) is 6.54 Å². The Labute approximate surface area is 130 Å². The molecule has 0 saturated heterocycles. The summed E-state index contributed by atoms with van der Waals surface area (Å²) in [6, 6.07) is 8.41. The molecular weight excluding hydrogens is 303 g/mol. The highest BCUT2D eigenvalue weighted by Gasteiger charge is 2.13. The summed E-state index contributed by atoms with van der Waals surface area (Å²) in [6.45, 7) is 0.00110. The molecule has 6 heteroatoms. The molecule has 0 amide bonds. The molecule has 2 aromatic carbocycles. The van der Waals surface area contributed by atoms with E-state index in [0.29, 0.717) is 22.2 Å². The van der Waals surface area contributed by atoms with E-state index in [1.807, 2.05) is 0 Å². The topological polar surface area (TPSA) is 43.8 Å². The second-order valence-corrected chi connectivity index (χ2v) is 5.09. The van der Waals surface area contributed by atoms with E-state index in [1.54, 1.807) is 12.1 Å². The second kappa shape index (κ2) is 6.26. The van der Waals surface area contributed by atoms with Gasteiger partial charge in [0.1, 0.15) is 17.5 Å². The van der Waals surface area contributed by atoms with Gasteiger partial charge in [0.2, 0.25) is 0 Å². The zero-order chi connectivity index (χ0) is 16.4. The fourth-order valence-corrected chi connectivity index (χ4v) is 2.49. The maximum atomic E-state index is 14.0. The molecule has 1 aromatic heterocycles. The summed E-state index contributed by atoms with van der Waals surface area (Å²) in [4.78, 5) is 4.23. The molecule has 118 valence electrons. The van der Waals surface area contributed by atoms with Crippen LogP contribution >= 0.6 is 0 Å². The minimum absolute atomic E-state index is 0.0836. The largest absolute Gasteiger partial charge is 0.327 e. The van der Waals surface area contributed by atoms with Crippen molar-refractivity contribution in [1.29, 1.82) is 0 Å². The molecule has 0 saturated carbocycles. The lowest BCUT2D eigenvalue weighted by molar-refractivity contribution is 0.557. The van der Waals surface area contributed by atoms with Gasteiger partial charge < -0.3 is 10.3 Å². The number of allylic oxidation sites excluding steroid dienone is 1. The SMILES string of the molecule is NC/C=C(\F)Cn1cnc2c(-c3cccc(F)c3)cc(F)cc21. The van der Waals surface area contributed by atoms with Crippen LogP contribution in [0.25, 0.3) is 22.2 Å². The smallest absolute Gasteiger partial charge is 0.126 e. The molecule has 0 spiro atoms. The fourth-order valence-electron chi connectivity index (χ4n) is 2.49. The molecule has 0 atom stereocenters. The first kappa shape index (κ1) is 15.3. The van der Waals surface area contributed by atoms with E-state index in [2.05, 4.69) is 4.98 Å². The number of benzene rings is 2. The predicted octanol–water partition coefficient (Wildman–Crippen LogP) is 3.79. The number of hydrogen-bond donors (Lipinski definition) is 1. The summed E-state index contributed by atoms with van der Waals surface area (Å²) >= 11 is 0. The van der Waals surface area contributed by atoms with E-state index < -0.39 is 17.5 Å². The molecule has 0 fully saturated rings. The summed E-state index contributed by atoms with van der Waals surface area (Å²) < 4.78 is 42.5. The summed E-state index contributed by atoms with van der Waals surface area (Å²) in [6.07, 6.45) is 2.68. The van der Waals surface area contributed by atoms with E-state index in [9.17, 15) is 13.2 Å². The van der Waals surface area contributed by atoms with Gasteiger partial charge in [0.15, 0.2) is 0 Å². The number of imidazole rings is 1. The number of hydrogen-bond acceptors (Lipinski definition) is 2. The molecule has 23 heavy (non-hydrogen) atoms. The molecule has 2 N–H and O–H groups in total. The van der Waals surface area contributed by atoms with Crippen LogP contribution < -0.4 is 5.73 Å². The molecule has 0 bridgehead atoms. The Morgan fingerprint density at radius 2 is 2.00 bits per heavy atom. The van der Waals surface area contributed by atoms with Gasteiger partial charge in [-0.25, -0.2) is 18.2 Å². The van der Waals surface area contributed by atoms with Gasteiger partial charge >= 0.3 is 0 Å². The zero-order valence-corrected chi connectivity index (χ0v) is 12.1. The molecule has 0 unspecified atom stereocenters. The number of nitrogens with two attached hydrogens (primary N) is 1. The molecule has 0 radical (unpaired) electrons. The van der Waals surface area contributed by atoms with Crippen molar-refractivity contribution in [3.05, 3.63) is 66.3 Å². The Kier molecular flexibility index (Phi) is 4.16. The van der Waals surface area contributed by atoms with Crippen LogP contribution in [0.15, 0.2) is 54.6 Å². The lowest BCUT2D eigenvalue weighted by atomic mass is 10.0. The Balaban J connectivity index is 2.14. The van der Waals surface area contributed by atoms with Crippen molar-refractivity contribution >= 4 is 11.0 Å². The minimum atomic E-state index is -0.498. The maximum Gasteiger partial charge on any atom is 0.126 e.